The van der Waals surface area contributed by atoms with Crippen molar-refractivity contribution in [2.45, 2.75) is 40.2 Å². The summed E-state index contributed by atoms with van der Waals surface area (Å²) < 4.78 is 0. The molecule has 106 valence electrons. The van der Waals surface area contributed by atoms with E-state index < -0.39 is 0 Å². The van der Waals surface area contributed by atoms with Crippen LogP contribution in [0.15, 0.2) is 4.99 Å². The summed E-state index contributed by atoms with van der Waals surface area (Å²) in [5.74, 6) is 7.43. The van der Waals surface area contributed by atoms with Crippen LogP contribution in [0.5, 0.6) is 0 Å². The number of nitrogens with two attached hydrogens (primary N) is 1. The molecule has 1 aliphatic rings. The Hall–Kier alpha value is -0.810. The minimum absolute atomic E-state index is 0.554. The first-order valence-corrected chi connectivity index (χ1v) is 7.02. The summed E-state index contributed by atoms with van der Waals surface area (Å²) >= 11 is 0. The van der Waals surface area contributed by atoms with E-state index in [2.05, 4.69) is 48.3 Å². The van der Waals surface area contributed by atoms with Gasteiger partial charge in [0.15, 0.2) is 0 Å². The van der Waals surface area contributed by atoms with E-state index in [0.717, 1.165) is 13.1 Å². The predicted molar refractivity (Wildman–Crippen MR) is 77.3 cm³/mol. The molecule has 0 saturated carbocycles. The van der Waals surface area contributed by atoms with Crippen molar-refractivity contribution in [2.24, 2.45) is 22.7 Å². The fourth-order valence-corrected chi connectivity index (χ4v) is 2.17. The quantitative estimate of drug-likeness (QED) is 0.294. The average molecular weight is 255 g/mol. The van der Waals surface area contributed by atoms with Crippen LogP contribution in [0.4, 0.5) is 0 Å². The molecule has 1 saturated heterocycles. The molecule has 1 atom stereocenters. The van der Waals surface area contributed by atoms with Crippen molar-refractivity contribution < 1.29 is 0 Å². The summed E-state index contributed by atoms with van der Waals surface area (Å²) in [5.41, 5.74) is 2.64. The Kier molecular flexibility index (Phi) is 6.43. The van der Waals surface area contributed by atoms with Gasteiger partial charge >= 0.3 is 0 Å². The molecule has 0 aromatic rings. The lowest BCUT2D eigenvalue weighted by Crippen LogP contribution is -2.44. The average Bonchev–Trinajstić information content (AvgIpc) is 2.78. The second-order valence-corrected chi connectivity index (χ2v) is 5.85. The minimum Gasteiger partial charge on any atom is -0.355 e. The van der Waals surface area contributed by atoms with Gasteiger partial charge in [0.05, 0.1) is 0 Å². The number of nitrogens with one attached hydrogen (secondary N) is 2. The van der Waals surface area contributed by atoms with Crippen molar-refractivity contribution in [2.75, 3.05) is 26.2 Å². The lowest BCUT2D eigenvalue weighted by molar-refractivity contribution is 0.265. The maximum Gasteiger partial charge on any atom is 0.205 e. The molecule has 0 bridgehead atoms. The zero-order valence-corrected chi connectivity index (χ0v) is 12.2. The fraction of sp³-hybridized carbons (Fsp3) is 0.923. The van der Waals surface area contributed by atoms with Crippen molar-refractivity contribution in [3.05, 3.63) is 0 Å². The smallest absolute Gasteiger partial charge is 0.205 e. The van der Waals surface area contributed by atoms with Crippen molar-refractivity contribution in [3.8, 4) is 0 Å². The summed E-state index contributed by atoms with van der Waals surface area (Å²) in [6.07, 6.45) is 1.26. The molecule has 18 heavy (non-hydrogen) atoms. The molecule has 1 rings (SSSR count). The van der Waals surface area contributed by atoms with Gasteiger partial charge in [0.1, 0.15) is 0 Å². The maximum absolute atomic E-state index is 5.47. The molecule has 1 aliphatic heterocycles. The van der Waals surface area contributed by atoms with Gasteiger partial charge in [0, 0.05) is 25.7 Å². The molecular weight excluding hydrogens is 226 g/mol. The molecule has 1 heterocycles. The lowest BCUT2D eigenvalue weighted by atomic mass is 10.1. The topological polar surface area (TPSA) is 65.7 Å². The van der Waals surface area contributed by atoms with E-state index in [4.69, 9.17) is 5.84 Å². The van der Waals surface area contributed by atoms with Gasteiger partial charge < -0.3 is 10.2 Å². The Labute approximate surface area is 111 Å². The fourth-order valence-electron chi connectivity index (χ4n) is 2.17. The van der Waals surface area contributed by atoms with Gasteiger partial charge in [0.25, 0.3) is 0 Å². The van der Waals surface area contributed by atoms with Gasteiger partial charge in [-0.3, -0.25) is 10.4 Å². The minimum atomic E-state index is 0.554. The van der Waals surface area contributed by atoms with Crippen LogP contribution in [0.2, 0.25) is 0 Å². The third-order valence-electron chi connectivity index (χ3n) is 3.36. The van der Waals surface area contributed by atoms with Crippen LogP contribution in [0.1, 0.15) is 34.1 Å². The predicted octanol–water partition coefficient (Wildman–Crippen LogP) is 0.782. The standard InChI is InChI=1S/C13H29N5/c1-10(2)7-15-13(17-14)16-8-12-5-6-18(9-12)11(3)4/h10-12H,5-9,14H2,1-4H3,(H2,15,16,17). The number of hydrogen-bond donors (Lipinski definition) is 3. The van der Waals surface area contributed by atoms with E-state index in [1.165, 1.54) is 19.5 Å². The van der Waals surface area contributed by atoms with Crippen LogP contribution in [0, 0.1) is 11.8 Å². The summed E-state index contributed by atoms with van der Waals surface area (Å²) in [7, 11) is 0. The summed E-state index contributed by atoms with van der Waals surface area (Å²) in [6.45, 7) is 12.9. The Morgan fingerprint density at radius 1 is 1.39 bits per heavy atom. The number of nitrogens with zero attached hydrogens (tertiary/aromatic N) is 2. The van der Waals surface area contributed by atoms with Gasteiger partial charge in [-0.1, -0.05) is 13.8 Å². The number of likely N-dealkylation sites (tertiary alicyclic amines) is 1. The highest BCUT2D eigenvalue weighted by Crippen LogP contribution is 2.17. The molecule has 0 amide bonds. The first-order chi connectivity index (χ1) is 8.52. The van der Waals surface area contributed by atoms with Gasteiger partial charge in [0.2, 0.25) is 5.96 Å². The highest BCUT2D eigenvalue weighted by atomic mass is 15.3. The van der Waals surface area contributed by atoms with E-state index in [9.17, 15) is 0 Å². The SMILES string of the molecule is CC(C)CN=C(NN)NCC1CCN(C(C)C)C1. The van der Waals surface area contributed by atoms with Crippen molar-refractivity contribution >= 4 is 5.96 Å². The van der Waals surface area contributed by atoms with Crippen molar-refractivity contribution in [1.29, 1.82) is 0 Å². The third kappa shape index (κ3) is 5.23. The van der Waals surface area contributed by atoms with Gasteiger partial charge in [-0.15, -0.1) is 0 Å². The van der Waals surface area contributed by atoms with Gasteiger partial charge in [-0.25, -0.2) is 5.84 Å². The third-order valence-corrected chi connectivity index (χ3v) is 3.36. The Morgan fingerprint density at radius 2 is 2.11 bits per heavy atom. The van der Waals surface area contributed by atoms with Crippen molar-refractivity contribution in [3.63, 3.8) is 0 Å². The number of guanidine groups is 1. The molecular formula is C13H29N5. The highest BCUT2D eigenvalue weighted by molar-refractivity contribution is 5.79. The zero-order chi connectivity index (χ0) is 13.5. The van der Waals surface area contributed by atoms with Crippen LogP contribution in [-0.2, 0) is 0 Å². The van der Waals surface area contributed by atoms with Gasteiger partial charge in [-0.05, 0) is 38.6 Å². The molecule has 1 fully saturated rings. The molecule has 0 radical (unpaired) electrons. The molecule has 5 heteroatoms. The van der Waals surface area contributed by atoms with E-state index in [0.29, 0.717) is 23.8 Å². The molecule has 1 unspecified atom stereocenters. The van der Waals surface area contributed by atoms with Gasteiger partial charge in [-0.2, -0.15) is 0 Å². The first kappa shape index (κ1) is 15.2. The second kappa shape index (κ2) is 7.59. The number of hydrazine groups is 1. The number of hydrogen-bond acceptors (Lipinski definition) is 3. The first-order valence-electron chi connectivity index (χ1n) is 7.02. The summed E-state index contributed by atoms with van der Waals surface area (Å²) in [5, 5.41) is 3.31. The lowest BCUT2D eigenvalue weighted by Gasteiger charge is -2.20. The van der Waals surface area contributed by atoms with E-state index in [1.54, 1.807) is 0 Å². The normalized spacial score (nSPS) is 21.9. The molecule has 5 nitrogen and oxygen atoms in total. The summed E-state index contributed by atoms with van der Waals surface area (Å²) in [4.78, 5) is 6.93. The molecule has 0 spiro atoms. The number of aliphatic imine (C=N–C) groups is 1. The Balaban J connectivity index is 2.29. The van der Waals surface area contributed by atoms with Crippen LogP contribution in [0.3, 0.4) is 0 Å². The zero-order valence-electron chi connectivity index (χ0n) is 12.2. The molecule has 4 N–H and O–H groups in total. The maximum atomic E-state index is 5.47. The molecule has 0 aromatic heterocycles. The monoisotopic (exact) mass is 255 g/mol. The second-order valence-electron chi connectivity index (χ2n) is 5.85. The van der Waals surface area contributed by atoms with Crippen LogP contribution in [-0.4, -0.2) is 43.1 Å². The van der Waals surface area contributed by atoms with Crippen LogP contribution >= 0.6 is 0 Å². The number of rotatable bonds is 5. The highest BCUT2D eigenvalue weighted by Gasteiger charge is 2.23. The Bertz CT molecular complexity index is 262. The van der Waals surface area contributed by atoms with E-state index in [1.807, 2.05) is 0 Å². The van der Waals surface area contributed by atoms with E-state index >= 15 is 0 Å². The van der Waals surface area contributed by atoms with Crippen LogP contribution in [0.25, 0.3) is 0 Å². The largest absolute Gasteiger partial charge is 0.355 e. The molecule has 0 aromatic carbocycles. The Morgan fingerprint density at radius 3 is 2.61 bits per heavy atom. The van der Waals surface area contributed by atoms with Crippen molar-refractivity contribution in [1.82, 2.24) is 15.6 Å². The molecule has 0 aliphatic carbocycles. The van der Waals surface area contributed by atoms with Crippen LogP contribution < -0.4 is 16.6 Å². The summed E-state index contributed by atoms with van der Waals surface area (Å²) in [6, 6.07) is 0.650. The van der Waals surface area contributed by atoms with E-state index in [-0.39, 0.29) is 0 Å².